The summed E-state index contributed by atoms with van der Waals surface area (Å²) in [5.41, 5.74) is 7.67. The Kier molecular flexibility index (Phi) is 5.68. The van der Waals surface area contributed by atoms with Crippen molar-refractivity contribution in [3.05, 3.63) is 54.4 Å². The molecule has 0 spiro atoms. The third-order valence-electron chi connectivity index (χ3n) is 3.96. The van der Waals surface area contributed by atoms with Gasteiger partial charge in [-0.25, -0.2) is 4.98 Å². The summed E-state index contributed by atoms with van der Waals surface area (Å²) in [5.74, 6) is 1.08. The first-order valence-corrected chi connectivity index (χ1v) is 8.36. The molecular formula is C19H21N5O3. The quantitative estimate of drug-likeness (QED) is 0.660. The molecule has 2 aromatic heterocycles. The number of benzene rings is 1. The lowest BCUT2D eigenvalue weighted by atomic mass is 10.1. The van der Waals surface area contributed by atoms with Gasteiger partial charge in [-0.2, -0.15) is 0 Å². The second kappa shape index (κ2) is 8.33. The van der Waals surface area contributed by atoms with Gasteiger partial charge in [0.2, 0.25) is 5.91 Å². The van der Waals surface area contributed by atoms with E-state index < -0.39 is 0 Å². The maximum atomic E-state index is 11.7. The highest BCUT2D eigenvalue weighted by atomic mass is 16.5. The van der Waals surface area contributed by atoms with Crippen LogP contribution in [0.25, 0.3) is 11.5 Å². The van der Waals surface area contributed by atoms with Gasteiger partial charge in [0, 0.05) is 37.1 Å². The molecule has 0 fully saturated rings. The average Bonchev–Trinajstić information content (AvgIpc) is 3.16. The van der Waals surface area contributed by atoms with E-state index in [1.807, 2.05) is 36.4 Å². The highest BCUT2D eigenvalue weighted by Crippen LogP contribution is 2.27. The zero-order valence-corrected chi connectivity index (χ0v) is 15.2. The standard InChI is InChI=1S/C19H21N5O3/c1-24(17(25)10-20)12-13-5-4-8-21-18(13)16-11-22-19(27-16)23-14-6-3-7-15(9-14)26-2/h3-9,11H,10,12,20H2,1-2H3,(H,22,23). The molecule has 0 aliphatic rings. The fourth-order valence-electron chi connectivity index (χ4n) is 2.55. The minimum Gasteiger partial charge on any atom is -0.497 e. The number of nitrogens with two attached hydrogens (primary N) is 1. The number of ether oxygens (including phenoxy) is 1. The van der Waals surface area contributed by atoms with Gasteiger partial charge in [0.15, 0.2) is 5.76 Å². The summed E-state index contributed by atoms with van der Waals surface area (Å²) < 4.78 is 11.0. The molecule has 0 saturated heterocycles. The van der Waals surface area contributed by atoms with Crippen molar-refractivity contribution in [1.82, 2.24) is 14.9 Å². The summed E-state index contributed by atoms with van der Waals surface area (Å²) in [6.45, 7) is 0.335. The molecule has 0 aliphatic heterocycles. The Hall–Kier alpha value is -3.39. The normalized spacial score (nSPS) is 10.5. The smallest absolute Gasteiger partial charge is 0.299 e. The zero-order chi connectivity index (χ0) is 19.2. The van der Waals surface area contributed by atoms with E-state index in [2.05, 4.69) is 15.3 Å². The molecule has 27 heavy (non-hydrogen) atoms. The van der Waals surface area contributed by atoms with Gasteiger partial charge >= 0.3 is 0 Å². The Morgan fingerprint density at radius 2 is 2.15 bits per heavy atom. The fraction of sp³-hybridized carbons (Fsp3) is 0.211. The molecule has 0 saturated carbocycles. The van der Waals surface area contributed by atoms with Crippen LogP contribution in [0.5, 0.6) is 5.75 Å². The highest BCUT2D eigenvalue weighted by Gasteiger charge is 2.15. The molecule has 3 aromatic rings. The number of methoxy groups -OCH3 is 1. The van der Waals surface area contributed by atoms with Gasteiger partial charge in [0.25, 0.3) is 6.01 Å². The molecule has 8 heteroatoms. The van der Waals surface area contributed by atoms with Crippen LogP contribution in [0.4, 0.5) is 11.7 Å². The maximum absolute atomic E-state index is 11.7. The predicted molar refractivity (Wildman–Crippen MR) is 102 cm³/mol. The molecule has 0 unspecified atom stereocenters. The van der Waals surface area contributed by atoms with Crippen LogP contribution in [0.3, 0.4) is 0 Å². The molecule has 0 atom stereocenters. The van der Waals surface area contributed by atoms with Crippen molar-refractivity contribution in [3.8, 4) is 17.2 Å². The van der Waals surface area contributed by atoms with E-state index in [0.717, 1.165) is 17.0 Å². The summed E-state index contributed by atoms with van der Waals surface area (Å²) in [7, 11) is 3.31. The minimum absolute atomic E-state index is 0.0387. The van der Waals surface area contributed by atoms with Crippen LogP contribution in [-0.2, 0) is 11.3 Å². The zero-order valence-electron chi connectivity index (χ0n) is 15.2. The van der Waals surface area contributed by atoms with E-state index in [4.69, 9.17) is 14.9 Å². The van der Waals surface area contributed by atoms with Gasteiger partial charge in [0.05, 0.1) is 19.9 Å². The average molecular weight is 367 g/mol. The van der Waals surface area contributed by atoms with Crippen LogP contribution < -0.4 is 15.8 Å². The number of amides is 1. The second-order valence-corrected chi connectivity index (χ2v) is 5.85. The van der Waals surface area contributed by atoms with Crippen molar-refractivity contribution < 1.29 is 13.9 Å². The largest absolute Gasteiger partial charge is 0.497 e. The number of hydrogen-bond acceptors (Lipinski definition) is 7. The number of carbonyl (C=O) groups is 1. The Morgan fingerprint density at radius 3 is 2.93 bits per heavy atom. The van der Waals surface area contributed by atoms with E-state index in [9.17, 15) is 4.79 Å². The van der Waals surface area contributed by atoms with Gasteiger partial charge in [-0.1, -0.05) is 12.1 Å². The molecule has 0 aliphatic carbocycles. The Morgan fingerprint density at radius 1 is 1.30 bits per heavy atom. The number of nitrogens with one attached hydrogen (secondary N) is 1. The number of oxazole rings is 1. The van der Waals surface area contributed by atoms with Crippen LogP contribution >= 0.6 is 0 Å². The van der Waals surface area contributed by atoms with Crippen molar-refractivity contribution >= 4 is 17.6 Å². The van der Waals surface area contributed by atoms with E-state index >= 15 is 0 Å². The molecule has 2 heterocycles. The minimum atomic E-state index is -0.150. The molecule has 3 rings (SSSR count). The molecule has 0 radical (unpaired) electrons. The predicted octanol–water partition coefficient (Wildman–Crippen LogP) is 2.41. The van der Waals surface area contributed by atoms with E-state index in [1.165, 1.54) is 0 Å². The van der Waals surface area contributed by atoms with Crippen LogP contribution in [0, 0.1) is 0 Å². The van der Waals surface area contributed by atoms with Gasteiger partial charge < -0.3 is 25.1 Å². The van der Waals surface area contributed by atoms with Crippen LogP contribution in [0.2, 0.25) is 0 Å². The number of pyridine rings is 1. The number of hydrogen-bond donors (Lipinski definition) is 2. The lowest BCUT2D eigenvalue weighted by Crippen LogP contribution is -2.32. The van der Waals surface area contributed by atoms with Crippen molar-refractivity contribution in [2.75, 3.05) is 26.0 Å². The first-order valence-electron chi connectivity index (χ1n) is 8.36. The van der Waals surface area contributed by atoms with Crippen molar-refractivity contribution in [2.24, 2.45) is 5.73 Å². The van der Waals surface area contributed by atoms with Gasteiger partial charge in [-0.15, -0.1) is 0 Å². The number of likely N-dealkylation sites (N-methyl/N-ethyl adjacent to an activating group) is 1. The summed E-state index contributed by atoms with van der Waals surface area (Å²) in [6.07, 6.45) is 3.26. The van der Waals surface area contributed by atoms with Gasteiger partial charge in [0.1, 0.15) is 11.4 Å². The lowest BCUT2D eigenvalue weighted by molar-refractivity contribution is -0.128. The first-order chi connectivity index (χ1) is 13.1. The second-order valence-electron chi connectivity index (χ2n) is 5.85. The number of aromatic nitrogens is 2. The van der Waals surface area contributed by atoms with E-state index in [-0.39, 0.29) is 12.5 Å². The summed E-state index contributed by atoms with van der Waals surface area (Å²) in [5, 5.41) is 3.09. The van der Waals surface area contributed by atoms with Crippen LogP contribution in [0.15, 0.2) is 53.2 Å². The molecule has 0 bridgehead atoms. The highest BCUT2D eigenvalue weighted by molar-refractivity contribution is 5.78. The summed E-state index contributed by atoms with van der Waals surface area (Å²) >= 11 is 0. The summed E-state index contributed by atoms with van der Waals surface area (Å²) in [4.78, 5) is 21.9. The van der Waals surface area contributed by atoms with Crippen molar-refractivity contribution in [1.29, 1.82) is 0 Å². The van der Waals surface area contributed by atoms with Gasteiger partial charge in [-0.3, -0.25) is 9.78 Å². The van der Waals surface area contributed by atoms with E-state index in [1.54, 1.807) is 31.5 Å². The molecular weight excluding hydrogens is 346 g/mol. The fourth-order valence-corrected chi connectivity index (χ4v) is 2.55. The van der Waals surface area contributed by atoms with E-state index in [0.29, 0.717) is 24.0 Å². The molecule has 1 aromatic carbocycles. The van der Waals surface area contributed by atoms with Gasteiger partial charge in [-0.05, 0) is 18.2 Å². The summed E-state index contributed by atoms with van der Waals surface area (Å²) in [6, 6.07) is 11.5. The first kappa shape index (κ1) is 18.4. The number of carbonyl (C=O) groups excluding carboxylic acids is 1. The molecule has 140 valence electrons. The molecule has 3 N–H and O–H groups in total. The third kappa shape index (κ3) is 4.42. The SMILES string of the molecule is COc1cccc(Nc2ncc(-c3ncccc3CN(C)C(=O)CN)o2)c1. The van der Waals surface area contributed by atoms with Crippen molar-refractivity contribution in [2.45, 2.75) is 6.54 Å². The Labute approximate surface area is 157 Å². The molecule has 8 nitrogen and oxygen atoms in total. The maximum Gasteiger partial charge on any atom is 0.299 e. The van der Waals surface area contributed by atoms with Crippen LogP contribution in [-0.4, -0.2) is 41.5 Å². The van der Waals surface area contributed by atoms with Crippen LogP contribution in [0.1, 0.15) is 5.56 Å². The van der Waals surface area contributed by atoms with Crippen molar-refractivity contribution in [3.63, 3.8) is 0 Å². The Bertz CT molecular complexity index is 925. The molecule has 1 amide bonds. The third-order valence-corrected chi connectivity index (χ3v) is 3.96. The monoisotopic (exact) mass is 367 g/mol. The Balaban J connectivity index is 1.81. The topological polar surface area (TPSA) is 107 Å². The number of nitrogens with zero attached hydrogens (tertiary/aromatic N) is 3. The lowest BCUT2D eigenvalue weighted by Gasteiger charge is -2.17. The number of anilines is 2. The number of rotatable bonds is 7.